The van der Waals surface area contributed by atoms with Crippen LogP contribution in [-0.4, -0.2) is 26.0 Å². The molecule has 5 rings (SSSR count). The van der Waals surface area contributed by atoms with E-state index in [0.29, 0.717) is 36.9 Å². The molecule has 0 fully saturated rings. The van der Waals surface area contributed by atoms with E-state index in [1.807, 2.05) is 23.6 Å². The van der Waals surface area contributed by atoms with Gasteiger partial charge in [0.05, 0.1) is 12.3 Å². The molecule has 3 N–H and O–H groups in total. The molecule has 0 radical (unpaired) electrons. The van der Waals surface area contributed by atoms with Crippen LogP contribution in [-0.2, 0) is 13.0 Å². The molecule has 146 valence electrons. The Morgan fingerprint density at radius 1 is 1.21 bits per heavy atom. The van der Waals surface area contributed by atoms with E-state index in [2.05, 4.69) is 20.3 Å². The second-order valence-corrected chi connectivity index (χ2v) is 7.00. The molecule has 4 heterocycles. The molecule has 1 aliphatic heterocycles. The maximum atomic E-state index is 14.4. The second kappa shape index (κ2) is 6.73. The van der Waals surface area contributed by atoms with Gasteiger partial charge in [0.2, 0.25) is 5.95 Å². The average molecular weight is 390 g/mol. The predicted molar refractivity (Wildman–Crippen MR) is 108 cm³/mol. The van der Waals surface area contributed by atoms with Gasteiger partial charge >= 0.3 is 0 Å². The molecule has 0 saturated carbocycles. The summed E-state index contributed by atoms with van der Waals surface area (Å²) in [6, 6.07) is 6.77. The number of fused-ring (bicyclic) bond motifs is 2. The van der Waals surface area contributed by atoms with E-state index in [4.69, 9.17) is 10.5 Å². The maximum absolute atomic E-state index is 14.4. The van der Waals surface area contributed by atoms with E-state index in [1.165, 1.54) is 6.07 Å². The van der Waals surface area contributed by atoms with Crippen LogP contribution in [0.3, 0.4) is 0 Å². The summed E-state index contributed by atoms with van der Waals surface area (Å²) in [7, 11) is 0. The van der Waals surface area contributed by atoms with E-state index in [-0.39, 0.29) is 5.82 Å². The fraction of sp³-hybridized carbons (Fsp3) is 0.190. The van der Waals surface area contributed by atoms with Crippen molar-refractivity contribution in [3.63, 3.8) is 0 Å². The molecule has 0 atom stereocenters. The summed E-state index contributed by atoms with van der Waals surface area (Å²) in [6.07, 6.45) is 6.05. The zero-order valence-corrected chi connectivity index (χ0v) is 15.8. The molecular weight excluding hydrogens is 371 g/mol. The normalized spacial score (nSPS) is 12.8. The molecule has 0 aliphatic carbocycles. The summed E-state index contributed by atoms with van der Waals surface area (Å²) >= 11 is 0. The third-order valence-corrected chi connectivity index (χ3v) is 5.07. The van der Waals surface area contributed by atoms with Gasteiger partial charge in [0.1, 0.15) is 23.0 Å². The van der Waals surface area contributed by atoms with Crippen molar-refractivity contribution in [3.8, 4) is 16.9 Å². The molecule has 8 heteroatoms. The van der Waals surface area contributed by atoms with Gasteiger partial charge in [-0.05, 0) is 31.2 Å². The van der Waals surface area contributed by atoms with Crippen LogP contribution >= 0.6 is 0 Å². The van der Waals surface area contributed by atoms with Crippen LogP contribution < -0.4 is 15.8 Å². The molecule has 3 aromatic heterocycles. The van der Waals surface area contributed by atoms with Crippen molar-refractivity contribution in [2.45, 2.75) is 19.9 Å². The first-order valence-corrected chi connectivity index (χ1v) is 9.33. The van der Waals surface area contributed by atoms with E-state index in [0.717, 1.165) is 33.8 Å². The highest BCUT2D eigenvalue weighted by Crippen LogP contribution is 2.31. The maximum Gasteiger partial charge on any atom is 0.208 e. The highest BCUT2D eigenvalue weighted by molar-refractivity contribution is 5.78. The molecular formula is C21H19FN6O. The first kappa shape index (κ1) is 17.4. The molecule has 29 heavy (non-hydrogen) atoms. The highest BCUT2D eigenvalue weighted by atomic mass is 19.1. The van der Waals surface area contributed by atoms with Gasteiger partial charge in [-0.1, -0.05) is 0 Å². The Morgan fingerprint density at radius 3 is 2.93 bits per heavy atom. The Kier molecular flexibility index (Phi) is 4.04. The Labute approximate surface area is 166 Å². The lowest BCUT2D eigenvalue weighted by Crippen LogP contribution is -2.09. The number of rotatable bonds is 4. The summed E-state index contributed by atoms with van der Waals surface area (Å²) in [5.74, 6) is 1.55. The number of aromatic nitrogens is 4. The van der Waals surface area contributed by atoms with Crippen LogP contribution in [0.25, 0.3) is 16.8 Å². The third-order valence-electron chi connectivity index (χ3n) is 5.07. The predicted octanol–water partition coefficient (Wildman–Crippen LogP) is 3.37. The lowest BCUT2D eigenvalue weighted by molar-refractivity contribution is 0.356. The summed E-state index contributed by atoms with van der Waals surface area (Å²) in [6.45, 7) is 2.81. The van der Waals surface area contributed by atoms with Crippen molar-refractivity contribution in [1.82, 2.24) is 19.4 Å². The molecule has 1 aliphatic rings. The molecule has 7 nitrogen and oxygen atoms in total. The second-order valence-electron chi connectivity index (χ2n) is 7.00. The molecule has 1 aromatic carbocycles. The van der Waals surface area contributed by atoms with Crippen molar-refractivity contribution >= 4 is 17.4 Å². The van der Waals surface area contributed by atoms with Gasteiger partial charge in [0, 0.05) is 53.8 Å². The van der Waals surface area contributed by atoms with Gasteiger partial charge in [-0.25, -0.2) is 19.3 Å². The highest BCUT2D eigenvalue weighted by Gasteiger charge is 2.20. The number of ether oxygens (including phenoxy) is 1. The minimum atomic E-state index is -0.246. The lowest BCUT2D eigenvalue weighted by atomic mass is 10.0. The van der Waals surface area contributed by atoms with Crippen molar-refractivity contribution in [2.75, 3.05) is 17.7 Å². The number of halogens is 1. The topological polar surface area (TPSA) is 90.4 Å². The summed E-state index contributed by atoms with van der Waals surface area (Å²) in [5.41, 5.74) is 10.5. The van der Waals surface area contributed by atoms with Crippen LogP contribution in [0.2, 0.25) is 0 Å². The minimum Gasteiger partial charge on any atom is -0.493 e. The molecule has 0 spiro atoms. The standard InChI is InChI=1S/C21H19FN6O/c1-12-11-28-20(27-12)15(13-2-5-19(23)24-8-13)9-25-21(28)26-10-16-14-6-7-29-18(14)4-3-17(16)22/h2-5,8-9,11H,6-7,10H2,1H3,(H2,23,24)(H,25,26). The van der Waals surface area contributed by atoms with E-state index in [1.54, 1.807) is 24.5 Å². The van der Waals surface area contributed by atoms with Crippen LogP contribution in [0.1, 0.15) is 16.8 Å². The van der Waals surface area contributed by atoms with Crippen molar-refractivity contribution in [3.05, 3.63) is 65.5 Å². The van der Waals surface area contributed by atoms with Crippen LogP contribution in [0, 0.1) is 12.7 Å². The fourth-order valence-electron chi connectivity index (χ4n) is 3.67. The van der Waals surface area contributed by atoms with Crippen LogP contribution in [0.5, 0.6) is 5.75 Å². The monoisotopic (exact) mass is 390 g/mol. The van der Waals surface area contributed by atoms with Gasteiger partial charge in [-0.3, -0.25) is 4.40 Å². The zero-order chi connectivity index (χ0) is 20.0. The van der Waals surface area contributed by atoms with Crippen LogP contribution in [0.4, 0.5) is 16.2 Å². The average Bonchev–Trinajstić information content (AvgIpc) is 3.34. The van der Waals surface area contributed by atoms with Crippen LogP contribution in [0.15, 0.2) is 42.9 Å². The van der Waals surface area contributed by atoms with Gasteiger partial charge in [-0.15, -0.1) is 0 Å². The number of aryl methyl sites for hydroxylation is 1. The first-order chi connectivity index (χ1) is 14.1. The molecule has 4 aromatic rings. The Balaban J connectivity index is 1.52. The number of benzene rings is 1. The number of nitrogens with one attached hydrogen (secondary N) is 1. The fourth-order valence-corrected chi connectivity index (χ4v) is 3.67. The summed E-state index contributed by atoms with van der Waals surface area (Å²) in [5, 5.41) is 3.26. The molecule has 0 unspecified atom stereocenters. The number of pyridine rings is 1. The van der Waals surface area contributed by atoms with E-state index >= 15 is 0 Å². The Morgan fingerprint density at radius 2 is 2.10 bits per heavy atom. The molecule has 0 bridgehead atoms. The quantitative estimate of drug-likeness (QED) is 0.555. The van der Waals surface area contributed by atoms with Crippen molar-refractivity contribution < 1.29 is 9.13 Å². The number of hydrogen-bond acceptors (Lipinski definition) is 6. The molecule has 0 amide bonds. The Bertz CT molecular complexity index is 1220. The smallest absolute Gasteiger partial charge is 0.208 e. The van der Waals surface area contributed by atoms with Gasteiger partial charge in [-0.2, -0.15) is 0 Å². The van der Waals surface area contributed by atoms with Crippen molar-refractivity contribution in [1.29, 1.82) is 0 Å². The largest absolute Gasteiger partial charge is 0.493 e. The van der Waals surface area contributed by atoms with Crippen molar-refractivity contribution in [2.24, 2.45) is 0 Å². The third kappa shape index (κ3) is 3.02. The van der Waals surface area contributed by atoms with E-state index < -0.39 is 0 Å². The van der Waals surface area contributed by atoms with Gasteiger partial charge in [0.25, 0.3) is 0 Å². The number of imidazole rings is 1. The zero-order valence-electron chi connectivity index (χ0n) is 15.8. The van der Waals surface area contributed by atoms with Gasteiger partial charge in [0.15, 0.2) is 0 Å². The number of hydrogen-bond donors (Lipinski definition) is 2. The summed E-state index contributed by atoms with van der Waals surface area (Å²) in [4.78, 5) is 13.3. The number of nitrogen functional groups attached to an aromatic ring is 1. The minimum absolute atomic E-state index is 0.246. The molecule has 0 saturated heterocycles. The first-order valence-electron chi connectivity index (χ1n) is 9.33. The SMILES string of the molecule is Cc1cn2c(NCc3c(F)ccc4c3CCO4)ncc(-c3ccc(N)nc3)c2n1. The van der Waals surface area contributed by atoms with E-state index in [9.17, 15) is 4.39 Å². The Hall–Kier alpha value is -3.68. The summed E-state index contributed by atoms with van der Waals surface area (Å²) < 4.78 is 21.9. The number of nitrogens with two attached hydrogens (primary N) is 1. The number of nitrogens with zero attached hydrogens (tertiary/aromatic N) is 4. The number of anilines is 2. The van der Waals surface area contributed by atoms with Gasteiger partial charge < -0.3 is 15.8 Å². The lowest BCUT2D eigenvalue weighted by Gasteiger charge is -2.13.